The number of carbonyl (C=O) groups is 1. The van der Waals surface area contributed by atoms with Crippen molar-refractivity contribution in [2.75, 3.05) is 14.2 Å². The Balaban J connectivity index is 2.12. The fourth-order valence-electron chi connectivity index (χ4n) is 2.40. The summed E-state index contributed by atoms with van der Waals surface area (Å²) in [6.45, 7) is 2.79. The Bertz CT molecular complexity index is 786. The SMILES string of the molecule is CCCCn1nc(C(=O)NCc2cccc(OC)c2OC)ccc1=O. The second-order valence-corrected chi connectivity index (χ2v) is 5.47. The van der Waals surface area contributed by atoms with E-state index < -0.39 is 0 Å². The molecule has 0 aliphatic heterocycles. The van der Waals surface area contributed by atoms with Crippen molar-refractivity contribution in [1.82, 2.24) is 15.1 Å². The van der Waals surface area contributed by atoms with Crippen LogP contribution in [0.1, 0.15) is 35.8 Å². The highest BCUT2D eigenvalue weighted by molar-refractivity contribution is 5.92. The van der Waals surface area contributed by atoms with Gasteiger partial charge in [0.2, 0.25) is 0 Å². The summed E-state index contributed by atoms with van der Waals surface area (Å²) < 4.78 is 11.9. The summed E-state index contributed by atoms with van der Waals surface area (Å²) in [5.74, 6) is 0.821. The quantitative estimate of drug-likeness (QED) is 0.791. The third-order valence-corrected chi connectivity index (χ3v) is 3.75. The normalized spacial score (nSPS) is 10.4. The summed E-state index contributed by atoms with van der Waals surface area (Å²) in [6, 6.07) is 8.26. The van der Waals surface area contributed by atoms with Crippen LogP contribution in [0.2, 0.25) is 0 Å². The smallest absolute Gasteiger partial charge is 0.271 e. The Hall–Kier alpha value is -2.83. The van der Waals surface area contributed by atoms with E-state index in [4.69, 9.17) is 9.47 Å². The molecule has 0 bridgehead atoms. The molecule has 2 aromatic rings. The van der Waals surface area contributed by atoms with Crippen LogP contribution in [0, 0.1) is 0 Å². The molecule has 7 heteroatoms. The van der Waals surface area contributed by atoms with Gasteiger partial charge in [0.1, 0.15) is 5.69 Å². The van der Waals surface area contributed by atoms with Crippen molar-refractivity contribution in [2.24, 2.45) is 0 Å². The molecule has 0 fully saturated rings. The van der Waals surface area contributed by atoms with Crippen molar-refractivity contribution in [2.45, 2.75) is 32.9 Å². The van der Waals surface area contributed by atoms with E-state index in [1.165, 1.54) is 16.8 Å². The number of unbranched alkanes of at least 4 members (excludes halogenated alkanes) is 1. The monoisotopic (exact) mass is 345 g/mol. The Morgan fingerprint density at radius 2 is 2.00 bits per heavy atom. The van der Waals surface area contributed by atoms with Crippen molar-refractivity contribution in [1.29, 1.82) is 0 Å². The van der Waals surface area contributed by atoms with Crippen LogP contribution in [0.3, 0.4) is 0 Å². The maximum atomic E-state index is 12.3. The largest absolute Gasteiger partial charge is 0.493 e. The van der Waals surface area contributed by atoms with Crippen LogP contribution >= 0.6 is 0 Å². The van der Waals surface area contributed by atoms with Gasteiger partial charge in [-0.2, -0.15) is 5.10 Å². The van der Waals surface area contributed by atoms with Gasteiger partial charge in [-0.3, -0.25) is 9.59 Å². The third-order valence-electron chi connectivity index (χ3n) is 3.75. The maximum Gasteiger partial charge on any atom is 0.271 e. The summed E-state index contributed by atoms with van der Waals surface area (Å²) in [4.78, 5) is 24.1. The minimum absolute atomic E-state index is 0.206. The average molecular weight is 345 g/mol. The summed E-state index contributed by atoms with van der Waals surface area (Å²) in [6.07, 6.45) is 1.78. The number of aryl methyl sites for hydroxylation is 1. The first-order chi connectivity index (χ1) is 12.1. The van der Waals surface area contributed by atoms with Gasteiger partial charge in [0.05, 0.1) is 14.2 Å². The van der Waals surface area contributed by atoms with Crippen LogP contribution in [-0.2, 0) is 13.1 Å². The van der Waals surface area contributed by atoms with Gasteiger partial charge in [-0.15, -0.1) is 0 Å². The standard InChI is InChI=1S/C18H23N3O4/c1-4-5-11-21-16(22)10-9-14(20-21)18(23)19-12-13-7-6-8-15(24-2)17(13)25-3/h6-10H,4-5,11-12H2,1-3H3,(H,19,23). The maximum absolute atomic E-state index is 12.3. The molecule has 0 atom stereocenters. The number of para-hydroxylation sites is 1. The summed E-state index contributed by atoms with van der Waals surface area (Å²) in [5.41, 5.74) is 0.784. The van der Waals surface area contributed by atoms with Crippen LogP contribution in [0.5, 0.6) is 11.5 Å². The number of carbonyl (C=O) groups excluding carboxylic acids is 1. The third kappa shape index (κ3) is 4.59. The van der Waals surface area contributed by atoms with Crippen LogP contribution in [0.25, 0.3) is 0 Å². The van der Waals surface area contributed by atoms with Gasteiger partial charge in [0, 0.05) is 24.7 Å². The molecule has 0 unspecified atom stereocenters. The number of ether oxygens (including phenoxy) is 2. The van der Waals surface area contributed by atoms with Crippen molar-refractivity contribution in [3.05, 3.63) is 51.9 Å². The summed E-state index contributed by atoms with van der Waals surface area (Å²) in [7, 11) is 3.11. The van der Waals surface area contributed by atoms with Crippen LogP contribution < -0.4 is 20.3 Å². The first-order valence-corrected chi connectivity index (χ1v) is 8.17. The van der Waals surface area contributed by atoms with Crippen LogP contribution in [-0.4, -0.2) is 29.9 Å². The number of aromatic nitrogens is 2. The minimum Gasteiger partial charge on any atom is -0.493 e. The Kier molecular flexibility index (Phi) is 6.56. The van der Waals surface area contributed by atoms with Crippen LogP contribution in [0.15, 0.2) is 35.1 Å². The highest BCUT2D eigenvalue weighted by Crippen LogP contribution is 2.30. The van der Waals surface area contributed by atoms with E-state index in [0.717, 1.165) is 18.4 Å². The predicted octanol–water partition coefficient (Wildman–Crippen LogP) is 1.99. The van der Waals surface area contributed by atoms with E-state index in [9.17, 15) is 9.59 Å². The highest BCUT2D eigenvalue weighted by atomic mass is 16.5. The second kappa shape index (κ2) is 8.86. The average Bonchev–Trinajstić information content (AvgIpc) is 2.64. The molecule has 0 aliphatic carbocycles. The van der Waals surface area contributed by atoms with E-state index in [1.807, 2.05) is 19.1 Å². The highest BCUT2D eigenvalue weighted by Gasteiger charge is 2.13. The zero-order valence-electron chi connectivity index (χ0n) is 14.7. The number of nitrogens with zero attached hydrogens (tertiary/aromatic N) is 2. The Morgan fingerprint density at radius 3 is 2.68 bits per heavy atom. The number of hydrogen-bond donors (Lipinski definition) is 1. The Morgan fingerprint density at radius 1 is 1.20 bits per heavy atom. The van der Waals surface area contributed by atoms with Crippen molar-refractivity contribution >= 4 is 5.91 Å². The molecule has 7 nitrogen and oxygen atoms in total. The fourth-order valence-corrected chi connectivity index (χ4v) is 2.40. The molecule has 0 saturated carbocycles. The second-order valence-electron chi connectivity index (χ2n) is 5.47. The van der Waals surface area contributed by atoms with Gasteiger partial charge >= 0.3 is 0 Å². The number of hydrogen-bond acceptors (Lipinski definition) is 5. The van der Waals surface area contributed by atoms with E-state index in [-0.39, 0.29) is 23.7 Å². The van der Waals surface area contributed by atoms with Gasteiger partial charge in [-0.1, -0.05) is 25.5 Å². The number of amides is 1. The predicted molar refractivity (Wildman–Crippen MR) is 94.1 cm³/mol. The van der Waals surface area contributed by atoms with E-state index >= 15 is 0 Å². The zero-order valence-corrected chi connectivity index (χ0v) is 14.7. The number of rotatable bonds is 8. The van der Waals surface area contributed by atoms with Gasteiger partial charge in [0.15, 0.2) is 11.5 Å². The molecule has 1 aromatic carbocycles. The molecule has 1 aromatic heterocycles. The molecule has 134 valence electrons. The minimum atomic E-state index is -0.352. The lowest BCUT2D eigenvalue weighted by atomic mass is 10.2. The zero-order chi connectivity index (χ0) is 18.2. The summed E-state index contributed by atoms with van der Waals surface area (Å²) in [5, 5.41) is 6.93. The molecule has 1 N–H and O–H groups in total. The van der Waals surface area contributed by atoms with Crippen LogP contribution in [0.4, 0.5) is 0 Å². The lowest BCUT2D eigenvalue weighted by Gasteiger charge is -2.13. The van der Waals surface area contributed by atoms with Gasteiger partial charge in [0.25, 0.3) is 11.5 Å². The van der Waals surface area contributed by atoms with E-state index in [1.54, 1.807) is 20.3 Å². The number of methoxy groups -OCH3 is 2. The first kappa shape index (κ1) is 18.5. The fraction of sp³-hybridized carbons (Fsp3) is 0.389. The van der Waals surface area contributed by atoms with Gasteiger partial charge in [-0.05, 0) is 18.6 Å². The molecule has 2 rings (SSSR count). The first-order valence-electron chi connectivity index (χ1n) is 8.17. The molecule has 25 heavy (non-hydrogen) atoms. The van der Waals surface area contributed by atoms with Crippen molar-refractivity contribution in [3.8, 4) is 11.5 Å². The van der Waals surface area contributed by atoms with Gasteiger partial charge in [-0.25, -0.2) is 4.68 Å². The Labute approximate surface area is 146 Å². The molecule has 1 heterocycles. The molecular weight excluding hydrogens is 322 g/mol. The lowest BCUT2D eigenvalue weighted by molar-refractivity contribution is 0.0943. The van der Waals surface area contributed by atoms with Crippen molar-refractivity contribution in [3.63, 3.8) is 0 Å². The number of benzene rings is 1. The molecule has 0 radical (unpaired) electrons. The molecule has 1 amide bonds. The van der Waals surface area contributed by atoms with E-state index in [0.29, 0.717) is 18.0 Å². The molecular formula is C18H23N3O4. The molecule has 0 aliphatic rings. The van der Waals surface area contributed by atoms with Gasteiger partial charge < -0.3 is 14.8 Å². The molecule has 0 saturated heterocycles. The molecule has 0 spiro atoms. The topological polar surface area (TPSA) is 82.5 Å². The summed E-state index contributed by atoms with van der Waals surface area (Å²) >= 11 is 0. The van der Waals surface area contributed by atoms with E-state index in [2.05, 4.69) is 10.4 Å². The van der Waals surface area contributed by atoms with Crippen molar-refractivity contribution < 1.29 is 14.3 Å². The number of nitrogens with one attached hydrogen (secondary N) is 1. The lowest BCUT2D eigenvalue weighted by Crippen LogP contribution is -2.29.